The van der Waals surface area contributed by atoms with E-state index in [4.69, 9.17) is 0 Å². The van der Waals surface area contributed by atoms with Crippen LogP contribution < -0.4 is 10.0 Å². The molecule has 0 radical (unpaired) electrons. The van der Waals surface area contributed by atoms with Crippen molar-refractivity contribution in [1.82, 2.24) is 14.6 Å². The van der Waals surface area contributed by atoms with Gasteiger partial charge in [0.1, 0.15) is 5.82 Å². The number of aromatic nitrogens is 1. The molecular weight excluding hydrogens is 472 g/mol. The molecule has 8 heteroatoms. The molecule has 2 aliphatic rings. The lowest BCUT2D eigenvalue weighted by Crippen LogP contribution is -2.29. The van der Waals surface area contributed by atoms with E-state index in [1.165, 1.54) is 12.8 Å². The molecule has 2 aromatic carbocycles. The van der Waals surface area contributed by atoms with E-state index in [9.17, 15) is 13.2 Å². The van der Waals surface area contributed by atoms with Crippen molar-refractivity contribution in [2.75, 3.05) is 18.9 Å². The summed E-state index contributed by atoms with van der Waals surface area (Å²) >= 11 is 0. The van der Waals surface area contributed by atoms with Crippen LogP contribution in [0.5, 0.6) is 0 Å². The molecule has 188 valence electrons. The highest BCUT2D eigenvalue weighted by atomic mass is 32.2. The van der Waals surface area contributed by atoms with E-state index in [1.54, 1.807) is 35.4 Å². The highest BCUT2D eigenvalue weighted by Crippen LogP contribution is 2.35. The maximum absolute atomic E-state index is 13.1. The maximum Gasteiger partial charge on any atom is 0.257 e. The Morgan fingerprint density at radius 3 is 2.58 bits per heavy atom. The summed E-state index contributed by atoms with van der Waals surface area (Å²) in [6.07, 6.45) is 6.38. The van der Waals surface area contributed by atoms with Crippen molar-refractivity contribution in [2.24, 2.45) is 5.92 Å². The lowest BCUT2D eigenvalue weighted by atomic mass is 10.1. The van der Waals surface area contributed by atoms with E-state index >= 15 is 0 Å². The highest BCUT2D eigenvalue weighted by molar-refractivity contribution is 7.89. The minimum absolute atomic E-state index is 0.0570. The number of rotatable bonds is 9. The number of anilines is 2. The Morgan fingerprint density at radius 1 is 1.08 bits per heavy atom. The molecule has 0 aliphatic heterocycles. The Hall–Kier alpha value is -3.23. The Morgan fingerprint density at radius 2 is 1.86 bits per heavy atom. The smallest absolute Gasteiger partial charge is 0.257 e. The van der Waals surface area contributed by atoms with Gasteiger partial charge in [0.25, 0.3) is 5.91 Å². The van der Waals surface area contributed by atoms with Gasteiger partial charge < -0.3 is 10.2 Å². The van der Waals surface area contributed by atoms with Gasteiger partial charge in [-0.25, -0.2) is 18.1 Å². The van der Waals surface area contributed by atoms with Gasteiger partial charge in [0.2, 0.25) is 10.0 Å². The molecule has 2 N–H and O–H groups in total. The predicted molar refractivity (Wildman–Crippen MR) is 141 cm³/mol. The van der Waals surface area contributed by atoms with Crippen molar-refractivity contribution < 1.29 is 13.2 Å². The molecule has 5 rings (SSSR count). The first kappa shape index (κ1) is 24.5. The van der Waals surface area contributed by atoms with Gasteiger partial charge in [-0.05, 0) is 91.1 Å². The third-order valence-corrected chi connectivity index (χ3v) is 8.53. The zero-order valence-corrected chi connectivity index (χ0v) is 21.5. The summed E-state index contributed by atoms with van der Waals surface area (Å²) in [6.45, 7) is 2.80. The van der Waals surface area contributed by atoms with E-state index in [-0.39, 0.29) is 16.8 Å². The fourth-order valence-corrected chi connectivity index (χ4v) is 6.00. The second-order valence-corrected chi connectivity index (χ2v) is 11.5. The van der Waals surface area contributed by atoms with Crippen molar-refractivity contribution in [2.45, 2.75) is 50.0 Å². The highest BCUT2D eigenvalue weighted by Gasteiger charge is 2.29. The number of pyridine rings is 1. The fraction of sp³-hybridized carbons (Fsp3) is 0.357. The van der Waals surface area contributed by atoms with Crippen molar-refractivity contribution in [3.8, 4) is 0 Å². The third kappa shape index (κ3) is 5.29. The third-order valence-electron chi connectivity index (χ3n) is 7.04. The topological polar surface area (TPSA) is 91.4 Å². The van der Waals surface area contributed by atoms with Crippen molar-refractivity contribution in [3.05, 3.63) is 83.0 Å². The SMILES string of the molecule is CCc1ccc(S(=O)(=O)NC2CCc3ccc(Nc4ncccc4C(=O)N(C)CC4CC4)cc32)cc1. The normalized spacial score (nSPS) is 17.0. The van der Waals surface area contributed by atoms with Crippen LogP contribution in [-0.4, -0.2) is 37.8 Å². The van der Waals surface area contributed by atoms with Gasteiger partial charge in [-0.15, -0.1) is 0 Å². The first-order valence-electron chi connectivity index (χ1n) is 12.6. The number of hydrogen-bond acceptors (Lipinski definition) is 5. The molecule has 1 atom stereocenters. The molecule has 1 unspecified atom stereocenters. The predicted octanol–water partition coefficient (Wildman–Crippen LogP) is 4.84. The van der Waals surface area contributed by atoms with Gasteiger partial charge >= 0.3 is 0 Å². The van der Waals surface area contributed by atoms with Gasteiger partial charge in [-0.2, -0.15) is 0 Å². The Labute approximate surface area is 213 Å². The molecule has 0 bridgehead atoms. The van der Waals surface area contributed by atoms with Gasteiger partial charge in [-0.3, -0.25) is 4.79 Å². The first-order chi connectivity index (χ1) is 17.3. The van der Waals surface area contributed by atoms with Gasteiger partial charge in [0.15, 0.2) is 0 Å². The molecule has 0 spiro atoms. The number of nitrogens with zero attached hydrogens (tertiary/aromatic N) is 2. The molecule has 1 saturated carbocycles. The number of carbonyl (C=O) groups excluding carboxylic acids is 1. The number of sulfonamides is 1. The molecule has 7 nitrogen and oxygen atoms in total. The minimum Gasteiger partial charge on any atom is -0.341 e. The van der Waals surface area contributed by atoms with Gasteiger partial charge in [0, 0.05) is 31.5 Å². The quantitative estimate of drug-likeness (QED) is 0.435. The lowest BCUT2D eigenvalue weighted by molar-refractivity contribution is 0.0789. The Kier molecular flexibility index (Phi) is 6.81. The molecule has 3 aromatic rings. The number of carbonyl (C=O) groups is 1. The zero-order valence-electron chi connectivity index (χ0n) is 20.7. The Balaban J connectivity index is 1.34. The van der Waals surface area contributed by atoms with Gasteiger partial charge in [-0.1, -0.05) is 25.1 Å². The number of aryl methyl sites for hydroxylation is 2. The molecule has 1 aromatic heterocycles. The molecule has 1 amide bonds. The minimum atomic E-state index is -3.65. The van der Waals surface area contributed by atoms with Crippen LogP contribution in [0, 0.1) is 5.92 Å². The largest absolute Gasteiger partial charge is 0.341 e. The molecule has 1 fully saturated rings. The van der Waals surface area contributed by atoms with Crippen LogP contribution >= 0.6 is 0 Å². The van der Waals surface area contributed by atoms with Crippen molar-refractivity contribution >= 4 is 27.4 Å². The zero-order chi connectivity index (χ0) is 25.3. The second kappa shape index (κ2) is 10.0. The van der Waals surface area contributed by atoms with E-state index in [1.807, 2.05) is 44.3 Å². The lowest BCUT2D eigenvalue weighted by Gasteiger charge is -2.19. The van der Waals surface area contributed by atoms with Crippen LogP contribution in [0.4, 0.5) is 11.5 Å². The van der Waals surface area contributed by atoms with Crippen LogP contribution in [0.15, 0.2) is 65.7 Å². The number of amides is 1. The maximum atomic E-state index is 13.1. The fourth-order valence-electron chi connectivity index (χ4n) is 4.75. The standard InChI is InChI=1S/C28H32N4O3S/c1-3-19-8-13-23(14-9-19)36(34,35)31-26-15-11-21-10-12-22(17-25(21)26)30-27-24(5-4-16-29-27)28(33)32(2)18-20-6-7-20/h4-5,8-10,12-14,16-17,20,26,31H,3,6-7,11,15,18H2,1-2H3,(H,29,30). The van der Waals surface area contributed by atoms with Crippen molar-refractivity contribution in [1.29, 1.82) is 0 Å². The van der Waals surface area contributed by atoms with E-state index in [0.29, 0.717) is 23.7 Å². The number of fused-ring (bicyclic) bond motifs is 1. The summed E-state index contributed by atoms with van der Waals surface area (Å²) < 4.78 is 29.0. The number of nitrogens with one attached hydrogen (secondary N) is 2. The first-order valence-corrected chi connectivity index (χ1v) is 14.0. The second-order valence-electron chi connectivity index (χ2n) is 9.78. The van der Waals surface area contributed by atoms with E-state index in [0.717, 1.165) is 41.8 Å². The molecule has 0 saturated heterocycles. The average molecular weight is 505 g/mol. The average Bonchev–Trinajstić information content (AvgIpc) is 3.62. The van der Waals surface area contributed by atoms with Crippen LogP contribution in [0.3, 0.4) is 0 Å². The summed E-state index contributed by atoms with van der Waals surface area (Å²) in [5.41, 5.74) is 4.46. The summed E-state index contributed by atoms with van der Waals surface area (Å²) in [6, 6.07) is 16.2. The summed E-state index contributed by atoms with van der Waals surface area (Å²) in [4.78, 5) is 19.5. The van der Waals surface area contributed by atoms with Crippen LogP contribution in [0.1, 0.15) is 59.3 Å². The number of hydrogen-bond donors (Lipinski definition) is 2. The summed E-state index contributed by atoms with van der Waals surface area (Å²) in [5.74, 6) is 1.05. The van der Waals surface area contributed by atoms with Crippen LogP contribution in [0.25, 0.3) is 0 Å². The monoisotopic (exact) mass is 504 g/mol. The summed E-state index contributed by atoms with van der Waals surface area (Å²) in [5, 5.41) is 3.30. The van der Waals surface area contributed by atoms with Crippen LogP contribution in [-0.2, 0) is 22.9 Å². The molecule has 36 heavy (non-hydrogen) atoms. The molecule has 1 heterocycles. The van der Waals surface area contributed by atoms with Crippen LogP contribution in [0.2, 0.25) is 0 Å². The number of benzene rings is 2. The van der Waals surface area contributed by atoms with E-state index in [2.05, 4.69) is 15.0 Å². The Bertz CT molecular complexity index is 1370. The molecular formula is C28H32N4O3S. The van der Waals surface area contributed by atoms with Gasteiger partial charge in [0.05, 0.1) is 10.5 Å². The summed E-state index contributed by atoms with van der Waals surface area (Å²) in [7, 11) is -1.82. The van der Waals surface area contributed by atoms with E-state index < -0.39 is 10.0 Å². The molecule has 2 aliphatic carbocycles. The van der Waals surface area contributed by atoms with Crippen molar-refractivity contribution in [3.63, 3.8) is 0 Å².